The average Bonchev–Trinajstić information content (AvgIpc) is 2.30. The Hall–Kier alpha value is -0.610. The van der Waals surface area contributed by atoms with Gasteiger partial charge in [0.1, 0.15) is 0 Å². The molecule has 16 heavy (non-hydrogen) atoms. The summed E-state index contributed by atoms with van der Waals surface area (Å²) in [5.41, 5.74) is 2.47. The molecule has 0 unspecified atom stereocenters. The van der Waals surface area contributed by atoms with Gasteiger partial charge in [-0.25, -0.2) is 0 Å². The third kappa shape index (κ3) is 3.19. The van der Waals surface area contributed by atoms with Crippen molar-refractivity contribution in [3.8, 4) is 0 Å². The molecule has 0 amide bonds. The van der Waals surface area contributed by atoms with Crippen LogP contribution in [0.2, 0.25) is 0 Å². The Labute approximate surface area is 118 Å². The Morgan fingerprint density at radius 3 is 2.25 bits per heavy atom. The predicted molar refractivity (Wildman–Crippen MR) is 82.2 cm³/mol. The van der Waals surface area contributed by atoms with Crippen LogP contribution in [-0.2, 0) is 0 Å². The maximum atomic E-state index is 3.43. The highest BCUT2D eigenvalue weighted by Crippen LogP contribution is 2.16. The lowest BCUT2D eigenvalue weighted by Gasteiger charge is -1.97. The lowest BCUT2D eigenvalue weighted by molar-refractivity contribution is 1.59. The molecule has 0 atom stereocenters. The molecule has 2 heteroatoms. The maximum Gasteiger partial charge on any atom is 0.0202 e. The second-order valence-electron chi connectivity index (χ2n) is 3.41. The van der Waals surface area contributed by atoms with Gasteiger partial charge in [-0.15, -0.1) is 0 Å². The van der Waals surface area contributed by atoms with E-state index in [-0.39, 0.29) is 0 Å². The van der Waals surface area contributed by atoms with E-state index in [0.29, 0.717) is 0 Å². The van der Waals surface area contributed by atoms with Gasteiger partial charge in [-0.05, 0) is 51.9 Å². The normalized spacial score (nSPS) is 10.9. The van der Waals surface area contributed by atoms with Crippen molar-refractivity contribution >= 4 is 50.7 Å². The SMILES string of the molecule is Brc1ccc(C=Cc2ccccc2I)cc1. The van der Waals surface area contributed by atoms with Crippen LogP contribution in [0.25, 0.3) is 12.2 Å². The molecule has 0 aromatic heterocycles. The highest BCUT2D eigenvalue weighted by molar-refractivity contribution is 14.1. The van der Waals surface area contributed by atoms with Gasteiger partial charge < -0.3 is 0 Å². The van der Waals surface area contributed by atoms with Crippen molar-refractivity contribution in [3.05, 3.63) is 67.7 Å². The zero-order valence-corrected chi connectivity index (χ0v) is 12.3. The number of hydrogen-bond acceptors (Lipinski definition) is 0. The van der Waals surface area contributed by atoms with Gasteiger partial charge >= 0.3 is 0 Å². The molecule has 0 saturated heterocycles. The summed E-state index contributed by atoms with van der Waals surface area (Å²) >= 11 is 5.78. The zero-order chi connectivity index (χ0) is 11.4. The van der Waals surface area contributed by atoms with Crippen LogP contribution in [0, 0.1) is 3.57 Å². The fourth-order valence-electron chi connectivity index (χ4n) is 1.37. The molecule has 0 aliphatic rings. The van der Waals surface area contributed by atoms with Gasteiger partial charge in [0.2, 0.25) is 0 Å². The first-order valence-electron chi connectivity index (χ1n) is 4.94. The topological polar surface area (TPSA) is 0 Å². The van der Waals surface area contributed by atoms with Crippen LogP contribution in [0.1, 0.15) is 11.1 Å². The first-order chi connectivity index (χ1) is 7.75. The third-order valence-electron chi connectivity index (χ3n) is 2.23. The Kier molecular flexibility index (Phi) is 4.18. The van der Waals surface area contributed by atoms with E-state index in [1.165, 1.54) is 14.7 Å². The van der Waals surface area contributed by atoms with Crippen LogP contribution in [0.5, 0.6) is 0 Å². The Morgan fingerprint density at radius 2 is 1.56 bits per heavy atom. The van der Waals surface area contributed by atoms with Crippen LogP contribution >= 0.6 is 38.5 Å². The minimum atomic E-state index is 1.11. The van der Waals surface area contributed by atoms with E-state index in [2.05, 4.69) is 99.2 Å². The molecule has 80 valence electrons. The highest BCUT2D eigenvalue weighted by atomic mass is 127. The second-order valence-corrected chi connectivity index (χ2v) is 5.48. The van der Waals surface area contributed by atoms with Gasteiger partial charge in [0, 0.05) is 8.04 Å². The largest absolute Gasteiger partial charge is 0.0616 e. The van der Waals surface area contributed by atoms with Gasteiger partial charge in [0.15, 0.2) is 0 Å². The molecule has 0 nitrogen and oxygen atoms in total. The van der Waals surface area contributed by atoms with E-state index in [9.17, 15) is 0 Å². The van der Waals surface area contributed by atoms with Gasteiger partial charge in [0.05, 0.1) is 0 Å². The third-order valence-corrected chi connectivity index (χ3v) is 3.74. The lowest BCUT2D eigenvalue weighted by Crippen LogP contribution is -1.77. The molecule has 2 aromatic carbocycles. The highest BCUT2D eigenvalue weighted by Gasteiger charge is 1.93. The van der Waals surface area contributed by atoms with Crippen molar-refractivity contribution in [2.75, 3.05) is 0 Å². The summed E-state index contributed by atoms with van der Waals surface area (Å²) in [6, 6.07) is 16.6. The lowest BCUT2D eigenvalue weighted by atomic mass is 10.1. The molecule has 0 fully saturated rings. The molecule has 0 heterocycles. The van der Waals surface area contributed by atoms with Crippen LogP contribution in [0.15, 0.2) is 53.0 Å². The summed E-state index contributed by atoms with van der Waals surface area (Å²) in [6.45, 7) is 0. The van der Waals surface area contributed by atoms with Crippen molar-refractivity contribution < 1.29 is 0 Å². The van der Waals surface area contributed by atoms with Crippen LogP contribution < -0.4 is 0 Å². The summed E-state index contributed by atoms with van der Waals surface area (Å²) in [6.07, 6.45) is 4.27. The quantitative estimate of drug-likeness (QED) is 0.491. The van der Waals surface area contributed by atoms with E-state index in [0.717, 1.165) is 4.47 Å². The molecule has 0 radical (unpaired) electrons. The molecule has 0 saturated carbocycles. The van der Waals surface area contributed by atoms with Crippen molar-refractivity contribution in [2.45, 2.75) is 0 Å². The van der Waals surface area contributed by atoms with E-state index in [4.69, 9.17) is 0 Å². The molecular formula is C14H10BrI. The fourth-order valence-corrected chi connectivity index (χ4v) is 2.20. The molecule has 0 aliphatic carbocycles. The van der Waals surface area contributed by atoms with Crippen molar-refractivity contribution in [3.63, 3.8) is 0 Å². The molecule has 0 N–H and O–H groups in total. The van der Waals surface area contributed by atoms with Crippen LogP contribution in [0.3, 0.4) is 0 Å². The Bertz CT molecular complexity index is 500. The minimum Gasteiger partial charge on any atom is -0.0616 e. The smallest absolute Gasteiger partial charge is 0.0202 e. The summed E-state index contributed by atoms with van der Waals surface area (Å²) in [5, 5.41) is 0. The van der Waals surface area contributed by atoms with E-state index >= 15 is 0 Å². The van der Waals surface area contributed by atoms with E-state index < -0.39 is 0 Å². The van der Waals surface area contributed by atoms with Gasteiger partial charge in [-0.2, -0.15) is 0 Å². The predicted octanol–water partition coefficient (Wildman–Crippen LogP) is 5.22. The number of rotatable bonds is 2. The van der Waals surface area contributed by atoms with Gasteiger partial charge in [-0.1, -0.05) is 58.4 Å². The van der Waals surface area contributed by atoms with Crippen molar-refractivity contribution in [1.82, 2.24) is 0 Å². The first-order valence-corrected chi connectivity index (χ1v) is 6.81. The maximum absolute atomic E-state index is 3.43. The number of hydrogen-bond donors (Lipinski definition) is 0. The standard InChI is InChI=1S/C14H10BrI/c15-13-9-6-11(7-10-13)5-8-12-3-1-2-4-14(12)16/h1-10H. The fraction of sp³-hybridized carbons (Fsp3) is 0. The Morgan fingerprint density at radius 1 is 0.875 bits per heavy atom. The van der Waals surface area contributed by atoms with Crippen LogP contribution in [-0.4, -0.2) is 0 Å². The molecule has 0 aliphatic heterocycles. The summed E-state index contributed by atoms with van der Waals surface area (Å²) in [7, 11) is 0. The summed E-state index contributed by atoms with van der Waals surface area (Å²) in [4.78, 5) is 0. The van der Waals surface area contributed by atoms with E-state index in [1.54, 1.807) is 0 Å². The molecular weight excluding hydrogens is 375 g/mol. The number of halogens is 2. The zero-order valence-electron chi connectivity index (χ0n) is 8.53. The molecule has 0 spiro atoms. The minimum absolute atomic E-state index is 1.11. The van der Waals surface area contributed by atoms with Crippen LogP contribution in [0.4, 0.5) is 0 Å². The van der Waals surface area contributed by atoms with Crippen molar-refractivity contribution in [1.29, 1.82) is 0 Å². The molecule has 2 rings (SSSR count). The van der Waals surface area contributed by atoms with Gasteiger partial charge in [-0.3, -0.25) is 0 Å². The van der Waals surface area contributed by atoms with E-state index in [1.807, 2.05) is 0 Å². The Balaban J connectivity index is 2.21. The summed E-state index contributed by atoms with van der Waals surface area (Å²) < 4.78 is 2.38. The second kappa shape index (κ2) is 5.64. The average molecular weight is 385 g/mol. The first kappa shape index (κ1) is 11.9. The summed E-state index contributed by atoms with van der Waals surface area (Å²) in [5.74, 6) is 0. The van der Waals surface area contributed by atoms with Gasteiger partial charge in [0.25, 0.3) is 0 Å². The molecule has 2 aromatic rings. The molecule has 0 bridgehead atoms. The monoisotopic (exact) mass is 384 g/mol. The van der Waals surface area contributed by atoms with Crippen molar-refractivity contribution in [2.24, 2.45) is 0 Å². The number of benzene rings is 2.